The summed E-state index contributed by atoms with van der Waals surface area (Å²) in [4.78, 5) is 12.2. The van der Waals surface area contributed by atoms with E-state index < -0.39 is 0 Å². The molecule has 2 atom stereocenters. The van der Waals surface area contributed by atoms with E-state index in [1.54, 1.807) is 0 Å². The van der Waals surface area contributed by atoms with Crippen molar-refractivity contribution in [3.05, 3.63) is 23.7 Å². The summed E-state index contributed by atoms with van der Waals surface area (Å²) in [5.74, 6) is 3.06. The summed E-state index contributed by atoms with van der Waals surface area (Å²) in [6.07, 6.45) is 3.28. The van der Waals surface area contributed by atoms with Gasteiger partial charge in [0.15, 0.2) is 5.76 Å². The van der Waals surface area contributed by atoms with Gasteiger partial charge in [-0.3, -0.25) is 4.79 Å². The van der Waals surface area contributed by atoms with Gasteiger partial charge in [-0.25, -0.2) is 0 Å². The van der Waals surface area contributed by atoms with Crippen molar-refractivity contribution in [2.75, 3.05) is 0 Å². The highest BCUT2D eigenvalue weighted by molar-refractivity contribution is 5.95. The highest BCUT2D eigenvalue weighted by Crippen LogP contribution is 2.34. The van der Waals surface area contributed by atoms with Crippen LogP contribution in [0.1, 0.15) is 49.4 Å². The van der Waals surface area contributed by atoms with Gasteiger partial charge in [-0.1, -0.05) is 13.8 Å². The molecule has 88 valence electrons. The number of rotatable bonds is 2. The molecular formula is C14H20O2. The van der Waals surface area contributed by atoms with Gasteiger partial charge in [0, 0.05) is 5.92 Å². The van der Waals surface area contributed by atoms with Gasteiger partial charge in [0.25, 0.3) is 0 Å². The zero-order valence-corrected chi connectivity index (χ0v) is 10.3. The minimum Gasteiger partial charge on any atom is -0.458 e. The molecule has 16 heavy (non-hydrogen) atoms. The quantitative estimate of drug-likeness (QED) is 0.709. The number of hydrogen-bond donors (Lipinski definition) is 0. The number of Topliss-reactive ketones (excluding diaryl/α,β-unsaturated/α-hetero) is 1. The fourth-order valence-electron chi connectivity index (χ4n) is 2.93. The Balaban J connectivity index is 2.09. The monoisotopic (exact) mass is 220 g/mol. The maximum Gasteiger partial charge on any atom is 0.201 e. The molecule has 1 heterocycles. The molecule has 0 amide bonds. The lowest BCUT2D eigenvalue weighted by molar-refractivity contribution is 0.0806. The minimum atomic E-state index is 0.171. The van der Waals surface area contributed by atoms with Gasteiger partial charge in [-0.05, 0) is 50.2 Å². The standard InChI is InChI=1S/C14H20O2/c1-9-6-10(2)8-12(7-9)14(15)13-5-4-11(3)16-13/h4-5,9-10,12H,6-8H2,1-3H3. The second kappa shape index (κ2) is 4.44. The van der Waals surface area contributed by atoms with Crippen LogP contribution in [0.2, 0.25) is 0 Å². The van der Waals surface area contributed by atoms with E-state index in [0.717, 1.165) is 18.6 Å². The molecule has 1 fully saturated rings. The second-order valence-corrected chi connectivity index (χ2v) is 5.39. The van der Waals surface area contributed by atoms with Crippen LogP contribution in [0.4, 0.5) is 0 Å². The first-order valence-electron chi connectivity index (χ1n) is 6.17. The molecule has 0 spiro atoms. The Hall–Kier alpha value is -1.05. The van der Waals surface area contributed by atoms with Crippen molar-refractivity contribution in [1.82, 2.24) is 0 Å². The molecular weight excluding hydrogens is 200 g/mol. The Labute approximate surface area is 97.0 Å². The summed E-state index contributed by atoms with van der Waals surface area (Å²) in [5, 5.41) is 0. The normalized spacial score (nSPS) is 30.3. The van der Waals surface area contributed by atoms with Crippen LogP contribution in [0.25, 0.3) is 0 Å². The molecule has 1 aromatic heterocycles. The van der Waals surface area contributed by atoms with E-state index in [9.17, 15) is 4.79 Å². The van der Waals surface area contributed by atoms with Crippen LogP contribution in [0, 0.1) is 24.7 Å². The van der Waals surface area contributed by atoms with Crippen molar-refractivity contribution in [2.45, 2.75) is 40.0 Å². The Morgan fingerprint density at radius 2 is 1.81 bits per heavy atom. The van der Waals surface area contributed by atoms with Crippen LogP contribution in [0.5, 0.6) is 0 Å². The molecule has 1 aromatic rings. The molecule has 0 aliphatic heterocycles. The lowest BCUT2D eigenvalue weighted by atomic mass is 9.75. The van der Waals surface area contributed by atoms with Crippen LogP contribution in [-0.4, -0.2) is 5.78 Å². The second-order valence-electron chi connectivity index (χ2n) is 5.39. The van der Waals surface area contributed by atoms with Crippen LogP contribution in [0.15, 0.2) is 16.5 Å². The van der Waals surface area contributed by atoms with Crippen molar-refractivity contribution in [3.8, 4) is 0 Å². The number of ketones is 1. The summed E-state index contributed by atoms with van der Waals surface area (Å²) in [6, 6.07) is 3.67. The summed E-state index contributed by atoms with van der Waals surface area (Å²) >= 11 is 0. The Morgan fingerprint density at radius 1 is 1.19 bits per heavy atom. The van der Waals surface area contributed by atoms with E-state index in [1.165, 1.54) is 6.42 Å². The molecule has 1 aliphatic rings. The minimum absolute atomic E-state index is 0.171. The summed E-state index contributed by atoms with van der Waals surface area (Å²) in [6.45, 7) is 6.36. The van der Waals surface area contributed by atoms with Gasteiger partial charge < -0.3 is 4.42 Å². The van der Waals surface area contributed by atoms with Gasteiger partial charge in [-0.15, -0.1) is 0 Å². The summed E-state index contributed by atoms with van der Waals surface area (Å²) in [5.41, 5.74) is 0. The SMILES string of the molecule is Cc1ccc(C(=O)C2CC(C)CC(C)C2)o1. The molecule has 0 radical (unpaired) electrons. The molecule has 1 aliphatic carbocycles. The van der Waals surface area contributed by atoms with E-state index >= 15 is 0 Å². The number of aryl methyl sites for hydroxylation is 1. The van der Waals surface area contributed by atoms with Gasteiger partial charge in [0.2, 0.25) is 5.78 Å². The van der Waals surface area contributed by atoms with Crippen LogP contribution >= 0.6 is 0 Å². The third-order valence-corrected chi connectivity index (χ3v) is 3.53. The van der Waals surface area contributed by atoms with Crippen molar-refractivity contribution in [1.29, 1.82) is 0 Å². The fraction of sp³-hybridized carbons (Fsp3) is 0.643. The average molecular weight is 220 g/mol. The highest BCUT2D eigenvalue weighted by Gasteiger charge is 2.30. The Kier molecular flexibility index (Phi) is 3.17. The molecule has 2 nitrogen and oxygen atoms in total. The van der Waals surface area contributed by atoms with Crippen LogP contribution in [0.3, 0.4) is 0 Å². The molecule has 2 heteroatoms. The molecule has 0 bridgehead atoms. The fourth-order valence-corrected chi connectivity index (χ4v) is 2.93. The lowest BCUT2D eigenvalue weighted by Gasteiger charge is -2.29. The number of carbonyl (C=O) groups is 1. The van der Waals surface area contributed by atoms with Gasteiger partial charge in [0.1, 0.15) is 5.76 Å². The zero-order valence-electron chi connectivity index (χ0n) is 10.3. The third-order valence-electron chi connectivity index (χ3n) is 3.53. The predicted octanol–water partition coefficient (Wildman–Crippen LogP) is 3.84. The number of hydrogen-bond acceptors (Lipinski definition) is 2. The number of furan rings is 1. The topological polar surface area (TPSA) is 30.2 Å². The predicted molar refractivity (Wildman–Crippen MR) is 63.4 cm³/mol. The largest absolute Gasteiger partial charge is 0.458 e. The smallest absolute Gasteiger partial charge is 0.201 e. The van der Waals surface area contributed by atoms with Crippen LogP contribution < -0.4 is 0 Å². The van der Waals surface area contributed by atoms with Crippen molar-refractivity contribution in [3.63, 3.8) is 0 Å². The molecule has 0 saturated heterocycles. The molecule has 2 unspecified atom stereocenters. The van der Waals surface area contributed by atoms with E-state index in [0.29, 0.717) is 17.6 Å². The van der Waals surface area contributed by atoms with Gasteiger partial charge in [0.05, 0.1) is 0 Å². The highest BCUT2D eigenvalue weighted by atomic mass is 16.3. The maximum absolute atomic E-state index is 12.2. The van der Waals surface area contributed by atoms with Crippen LogP contribution in [-0.2, 0) is 0 Å². The zero-order chi connectivity index (χ0) is 11.7. The van der Waals surface area contributed by atoms with E-state index in [-0.39, 0.29) is 11.7 Å². The Bertz CT molecular complexity index is 368. The van der Waals surface area contributed by atoms with E-state index in [1.807, 2.05) is 19.1 Å². The third kappa shape index (κ3) is 2.37. The molecule has 2 rings (SSSR count). The van der Waals surface area contributed by atoms with Crippen molar-refractivity contribution < 1.29 is 9.21 Å². The van der Waals surface area contributed by atoms with E-state index in [4.69, 9.17) is 4.42 Å². The van der Waals surface area contributed by atoms with Gasteiger partial charge in [-0.2, -0.15) is 0 Å². The van der Waals surface area contributed by atoms with Gasteiger partial charge >= 0.3 is 0 Å². The molecule has 0 N–H and O–H groups in total. The average Bonchev–Trinajstić information content (AvgIpc) is 2.62. The van der Waals surface area contributed by atoms with Crippen molar-refractivity contribution in [2.24, 2.45) is 17.8 Å². The number of carbonyl (C=O) groups excluding carboxylic acids is 1. The van der Waals surface area contributed by atoms with Crippen molar-refractivity contribution >= 4 is 5.78 Å². The van der Waals surface area contributed by atoms with E-state index in [2.05, 4.69) is 13.8 Å². The first-order chi connectivity index (χ1) is 7.56. The maximum atomic E-state index is 12.2. The summed E-state index contributed by atoms with van der Waals surface area (Å²) < 4.78 is 5.42. The summed E-state index contributed by atoms with van der Waals surface area (Å²) in [7, 11) is 0. The first kappa shape index (κ1) is 11.4. The Morgan fingerprint density at radius 3 is 2.31 bits per heavy atom. The first-order valence-corrected chi connectivity index (χ1v) is 6.17. The molecule has 1 saturated carbocycles. The molecule has 0 aromatic carbocycles. The lowest BCUT2D eigenvalue weighted by Crippen LogP contribution is -2.25.